The average Bonchev–Trinajstić information content (AvgIpc) is 2.05. The van der Waals surface area contributed by atoms with Gasteiger partial charge < -0.3 is 5.73 Å². The monoisotopic (exact) mass is 228 g/mol. The molecular weight excluding hydrogens is 220 g/mol. The van der Waals surface area contributed by atoms with Crippen molar-refractivity contribution in [3.05, 3.63) is 34.3 Å². The van der Waals surface area contributed by atoms with E-state index in [1.807, 2.05) is 24.3 Å². The third-order valence-electron chi connectivity index (χ3n) is 1.31. The smallest absolute Gasteiger partial charge is 0.152 e. The van der Waals surface area contributed by atoms with Crippen LogP contribution in [0.15, 0.2) is 33.8 Å². The summed E-state index contributed by atoms with van der Waals surface area (Å²) in [4.78, 5) is 0. The van der Waals surface area contributed by atoms with Gasteiger partial charge in [0.2, 0.25) is 0 Å². The van der Waals surface area contributed by atoms with Crippen LogP contribution in [0, 0.1) is 0 Å². The highest BCUT2D eigenvalue weighted by molar-refractivity contribution is 9.10. The molecule has 0 spiro atoms. The Balaban J connectivity index is 2.95. The number of hydrazine groups is 1. The van der Waals surface area contributed by atoms with Crippen molar-refractivity contribution in [3.8, 4) is 0 Å². The van der Waals surface area contributed by atoms with E-state index in [2.05, 4.69) is 26.6 Å². The summed E-state index contributed by atoms with van der Waals surface area (Å²) < 4.78 is 0.954. The quantitative estimate of drug-likeness (QED) is 0.299. The number of hydrogen-bond donors (Lipinski definition) is 3. The molecule has 0 amide bonds. The van der Waals surface area contributed by atoms with Gasteiger partial charge in [-0.15, -0.1) is 5.10 Å². The summed E-state index contributed by atoms with van der Waals surface area (Å²) >= 11 is 3.32. The lowest BCUT2D eigenvalue weighted by Gasteiger charge is -1.99. The molecule has 64 valence electrons. The molecule has 0 unspecified atom stereocenters. The highest BCUT2D eigenvalue weighted by Crippen LogP contribution is 2.10. The molecule has 0 radical (unpaired) electrons. The van der Waals surface area contributed by atoms with Gasteiger partial charge in [0.25, 0.3) is 0 Å². The maximum Gasteiger partial charge on any atom is 0.152 e. The Morgan fingerprint density at radius 3 is 2.83 bits per heavy atom. The van der Waals surface area contributed by atoms with Crippen molar-refractivity contribution in [1.82, 2.24) is 5.53 Å². The van der Waals surface area contributed by atoms with Crippen molar-refractivity contribution in [2.45, 2.75) is 0 Å². The van der Waals surface area contributed by atoms with E-state index < -0.39 is 0 Å². The minimum Gasteiger partial charge on any atom is -0.382 e. The predicted molar refractivity (Wildman–Crippen MR) is 52.2 cm³/mol. The molecule has 0 aromatic heterocycles. The maximum atomic E-state index is 5.56. The van der Waals surface area contributed by atoms with E-state index in [0.29, 0.717) is 5.84 Å². The molecule has 1 aromatic carbocycles. The lowest BCUT2D eigenvalue weighted by molar-refractivity contribution is 0.804. The van der Waals surface area contributed by atoms with Gasteiger partial charge in [0.1, 0.15) is 0 Å². The van der Waals surface area contributed by atoms with Crippen LogP contribution in [0.1, 0.15) is 5.56 Å². The molecule has 0 fully saturated rings. The van der Waals surface area contributed by atoms with Gasteiger partial charge in [0.15, 0.2) is 5.84 Å². The molecule has 1 aromatic rings. The lowest BCUT2D eigenvalue weighted by Crippen LogP contribution is -2.22. The van der Waals surface area contributed by atoms with Gasteiger partial charge in [0.05, 0.1) is 0 Å². The van der Waals surface area contributed by atoms with Crippen molar-refractivity contribution in [2.24, 2.45) is 16.7 Å². The van der Waals surface area contributed by atoms with Crippen LogP contribution in [-0.4, -0.2) is 5.84 Å². The van der Waals surface area contributed by atoms with Gasteiger partial charge in [0, 0.05) is 10.0 Å². The number of hydrazone groups is 1. The van der Waals surface area contributed by atoms with Crippen LogP contribution in [-0.2, 0) is 0 Å². The third kappa shape index (κ3) is 2.21. The number of nitrogens with one attached hydrogen (secondary N) is 1. The molecule has 0 atom stereocenters. The molecule has 0 bridgehead atoms. The minimum absolute atomic E-state index is 0.360. The summed E-state index contributed by atoms with van der Waals surface area (Å²) in [5.74, 6) is 5.34. The summed E-state index contributed by atoms with van der Waals surface area (Å²) in [6.45, 7) is 0. The Morgan fingerprint density at radius 2 is 2.25 bits per heavy atom. The first-order valence-corrected chi connectivity index (χ1v) is 4.08. The standard InChI is InChI=1S/C7H9BrN4/c8-6-3-1-2-5(4-6)7(9)11-12-10/h1-4,12H,10H2,(H2,9,11). The van der Waals surface area contributed by atoms with E-state index in [0.717, 1.165) is 10.0 Å². The van der Waals surface area contributed by atoms with Crippen LogP contribution in [0.2, 0.25) is 0 Å². The average molecular weight is 229 g/mol. The Kier molecular flexibility index (Phi) is 3.07. The van der Waals surface area contributed by atoms with Gasteiger partial charge in [-0.1, -0.05) is 28.1 Å². The van der Waals surface area contributed by atoms with Gasteiger partial charge in [-0.25, -0.2) is 11.4 Å². The van der Waals surface area contributed by atoms with Crippen molar-refractivity contribution in [3.63, 3.8) is 0 Å². The van der Waals surface area contributed by atoms with E-state index in [4.69, 9.17) is 11.6 Å². The zero-order chi connectivity index (χ0) is 8.97. The fourth-order valence-electron chi connectivity index (χ4n) is 0.782. The minimum atomic E-state index is 0.360. The van der Waals surface area contributed by atoms with Crippen LogP contribution >= 0.6 is 15.9 Å². The first-order valence-electron chi connectivity index (χ1n) is 3.28. The molecule has 5 N–H and O–H groups in total. The number of nitrogens with two attached hydrogens (primary N) is 2. The fourth-order valence-corrected chi connectivity index (χ4v) is 1.18. The van der Waals surface area contributed by atoms with Crippen LogP contribution in [0.3, 0.4) is 0 Å². The molecule has 0 aliphatic heterocycles. The van der Waals surface area contributed by atoms with E-state index in [-0.39, 0.29) is 0 Å². The van der Waals surface area contributed by atoms with Crippen molar-refractivity contribution in [2.75, 3.05) is 0 Å². The summed E-state index contributed by atoms with van der Waals surface area (Å²) in [6, 6.07) is 7.49. The SMILES string of the molecule is NN/N=C(\N)c1cccc(Br)c1. The van der Waals surface area contributed by atoms with Gasteiger partial charge >= 0.3 is 0 Å². The van der Waals surface area contributed by atoms with Gasteiger partial charge in [-0.2, -0.15) is 0 Å². The van der Waals surface area contributed by atoms with Crippen LogP contribution in [0.25, 0.3) is 0 Å². The number of nitrogens with zero attached hydrogens (tertiary/aromatic N) is 1. The number of benzene rings is 1. The van der Waals surface area contributed by atoms with E-state index in [1.165, 1.54) is 0 Å². The molecule has 12 heavy (non-hydrogen) atoms. The predicted octanol–water partition coefficient (Wildman–Crippen LogP) is 0.533. The first-order chi connectivity index (χ1) is 5.74. The molecular formula is C7H9BrN4. The van der Waals surface area contributed by atoms with Gasteiger partial charge in [-0.05, 0) is 12.1 Å². The molecule has 1 rings (SSSR count). The van der Waals surface area contributed by atoms with Gasteiger partial charge in [-0.3, -0.25) is 0 Å². The number of halogens is 1. The fraction of sp³-hybridized carbons (Fsp3) is 0. The Labute approximate surface area is 78.7 Å². The number of amidine groups is 1. The lowest BCUT2D eigenvalue weighted by atomic mass is 10.2. The van der Waals surface area contributed by atoms with Crippen molar-refractivity contribution < 1.29 is 0 Å². The zero-order valence-corrected chi connectivity index (χ0v) is 7.88. The molecule has 0 heterocycles. The molecule has 4 nitrogen and oxygen atoms in total. The zero-order valence-electron chi connectivity index (χ0n) is 6.29. The Bertz CT molecular complexity index is 297. The Hall–Kier alpha value is -1.07. The molecule has 5 heteroatoms. The topological polar surface area (TPSA) is 76.4 Å². The second-order valence-electron chi connectivity index (χ2n) is 2.14. The molecule has 0 aliphatic carbocycles. The summed E-state index contributed by atoms with van der Waals surface area (Å²) in [6.07, 6.45) is 0. The molecule has 0 aliphatic rings. The van der Waals surface area contributed by atoms with Crippen LogP contribution < -0.4 is 17.1 Å². The highest BCUT2D eigenvalue weighted by atomic mass is 79.9. The number of hydrogen-bond acceptors (Lipinski definition) is 3. The molecule has 0 saturated heterocycles. The van der Waals surface area contributed by atoms with E-state index >= 15 is 0 Å². The Morgan fingerprint density at radius 1 is 1.50 bits per heavy atom. The summed E-state index contributed by atoms with van der Waals surface area (Å²) in [5.41, 5.74) is 8.52. The second-order valence-corrected chi connectivity index (χ2v) is 3.05. The number of rotatable bonds is 2. The highest BCUT2D eigenvalue weighted by Gasteiger charge is 1.97. The largest absolute Gasteiger partial charge is 0.382 e. The normalized spacial score (nSPS) is 11.3. The van der Waals surface area contributed by atoms with E-state index in [9.17, 15) is 0 Å². The third-order valence-corrected chi connectivity index (χ3v) is 1.80. The van der Waals surface area contributed by atoms with Crippen LogP contribution in [0.5, 0.6) is 0 Å². The van der Waals surface area contributed by atoms with E-state index in [1.54, 1.807) is 0 Å². The maximum absolute atomic E-state index is 5.56. The summed E-state index contributed by atoms with van der Waals surface area (Å²) in [5, 5.41) is 3.64. The second kappa shape index (κ2) is 4.08. The molecule has 0 saturated carbocycles. The van der Waals surface area contributed by atoms with Crippen LogP contribution in [0.4, 0.5) is 0 Å². The summed E-state index contributed by atoms with van der Waals surface area (Å²) in [7, 11) is 0. The first kappa shape index (κ1) is 9.02. The van der Waals surface area contributed by atoms with Crippen molar-refractivity contribution >= 4 is 21.8 Å². The van der Waals surface area contributed by atoms with Crippen molar-refractivity contribution in [1.29, 1.82) is 0 Å².